The lowest BCUT2D eigenvalue weighted by Gasteiger charge is -2.22. The molecule has 4 aromatic rings. The number of aromatic nitrogens is 3. The predicted molar refractivity (Wildman–Crippen MR) is 157 cm³/mol. The summed E-state index contributed by atoms with van der Waals surface area (Å²) in [5.41, 5.74) is -0.720. The summed E-state index contributed by atoms with van der Waals surface area (Å²) in [6.07, 6.45) is 1.85. The molecule has 9 nitrogen and oxygen atoms in total. The van der Waals surface area contributed by atoms with Crippen molar-refractivity contribution in [1.82, 2.24) is 19.0 Å². The van der Waals surface area contributed by atoms with Crippen LogP contribution in [0.2, 0.25) is 0 Å². The molecule has 2 N–H and O–H groups in total. The van der Waals surface area contributed by atoms with Crippen LogP contribution in [0, 0.1) is 16.3 Å². The number of halogens is 2. The minimum Gasteiger partial charge on any atom is -0.349 e. The van der Waals surface area contributed by atoms with Crippen LogP contribution in [0.25, 0.3) is 16.6 Å². The number of pyridine rings is 1. The predicted octanol–water partition coefficient (Wildman–Crippen LogP) is 4.12. The Bertz CT molecular complexity index is 1840. The summed E-state index contributed by atoms with van der Waals surface area (Å²) in [6, 6.07) is 10.7. The molecule has 2 aromatic heterocycles. The molecule has 0 aliphatic heterocycles. The summed E-state index contributed by atoms with van der Waals surface area (Å²) >= 11 is 1.99. The number of hydrogen-bond acceptors (Lipinski definition) is 5. The van der Waals surface area contributed by atoms with Gasteiger partial charge in [0.05, 0.1) is 16.9 Å². The SMILES string of the molecule is Cc1c(=O)n(C)c(Nc2ccc(I)cc2F)c2c(=O)n(C(C)C)c(=O)n(-c3cccc(C(=O)NC4CC4)c3)c12. The van der Waals surface area contributed by atoms with Crippen molar-refractivity contribution in [3.8, 4) is 5.69 Å². The van der Waals surface area contributed by atoms with Gasteiger partial charge < -0.3 is 10.6 Å². The second-order valence-corrected chi connectivity index (χ2v) is 11.2. The number of rotatable bonds is 6. The molecular formula is C28H27FIN5O4. The summed E-state index contributed by atoms with van der Waals surface area (Å²) in [4.78, 5) is 53.9. The van der Waals surface area contributed by atoms with Crippen LogP contribution in [0.3, 0.4) is 0 Å². The second kappa shape index (κ2) is 10.1. The average molecular weight is 643 g/mol. The number of fused-ring (bicyclic) bond motifs is 1. The highest BCUT2D eigenvalue weighted by Crippen LogP contribution is 2.28. The fourth-order valence-corrected chi connectivity index (χ4v) is 5.11. The minimum atomic E-state index is -0.648. The summed E-state index contributed by atoms with van der Waals surface area (Å²) in [5.74, 6) is -0.774. The molecule has 0 radical (unpaired) electrons. The molecule has 5 rings (SSSR count). The van der Waals surface area contributed by atoms with Crippen LogP contribution in [0.1, 0.15) is 48.7 Å². The first-order valence-electron chi connectivity index (χ1n) is 12.5. The van der Waals surface area contributed by atoms with E-state index in [4.69, 9.17) is 0 Å². The zero-order valence-electron chi connectivity index (χ0n) is 21.8. The van der Waals surface area contributed by atoms with Gasteiger partial charge in [-0.25, -0.2) is 9.18 Å². The Kier molecular flexibility index (Phi) is 6.95. The van der Waals surface area contributed by atoms with Gasteiger partial charge in [0.15, 0.2) is 0 Å². The lowest BCUT2D eigenvalue weighted by molar-refractivity contribution is 0.0951. The quantitative estimate of drug-likeness (QED) is 0.308. The van der Waals surface area contributed by atoms with Crippen LogP contribution in [-0.4, -0.2) is 25.7 Å². The molecule has 1 aliphatic carbocycles. The molecule has 1 aliphatic rings. The topological polar surface area (TPSA) is 107 Å². The van der Waals surface area contributed by atoms with Crippen LogP contribution in [0.5, 0.6) is 0 Å². The third kappa shape index (κ3) is 4.79. The van der Waals surface area contributed by atoms with Crippen LogP contribution in [0.15, 0.2) is 56.8 Å². The fraction of sp³-hybridized carbons (Fsp3) is 0.286. The van der Waals surface area contributed by atoms with E-state index in [-0.39, 0.29) is 39.9 Å². The number of aryl methyl sites for hydroxylation is 1. The van der Waals surface area contributed by atoms with Crippen LogP contribution < -0.4 is 27.4 Å². The van der Waals surface area contributed by atoms with E-state index in [1.165, 1.54) is 28.3 Å². The van der Waals surface area contributed by atoms with E-state index in [0.717, 1.165) is 17.4 Å². The average Bonchev–Trinajstić information content (AvgIpc) is 3.70. The van der Waals surface area contributed by atoms with Gasteiger partial charge in [0.2, 0.25) is 0 Å². The van der Waals surface area contributed by atoms with Crippen molar-refractivity contribution >= 4 is 50.9 Å². The number of amides is 1. The third-order valence-corrected chi connectivity index (χ3v) is 7.49. The molecule has 0 atom stereocenters. The highest BCUT2D eigenvalue weighted by molar-refractivity contribution is 14.1. The van der Waals surface area contributed by atoms with Gasteiger partial charge in [-0.2, -0.15) is 0 Å². The Balaban J connectivity index is 1.86. The van der Waals surface area contributed by atoms with Crippen molar-refractivity contribution < 1.29 is 9.18 Å². The molecule has 0 spiro atoms. The van der Waals surface area contributed by atoms with Gasteiger partial charge in [0, 0.05) is 33.8 Å². The van der Waals surface area contributed by atoms with E-state index in [1.807, 2.05) is 22.6 Å². The van der Waals surface area contributed by atoms with E-state index >= 15 is 0 Å². The van der Waals surface area contributed by atoms with Gasteiger partial charge in [-0.3, -0.25) is 28.1 Å². The van der Waals surface area contributed by atoms with Gasteiger partial charge in [0.1, 0.15) is 17.0 Å². The number of anilines is 2. The van der Waals surface area contributed by atoms with E-state index in [0.29, 0.717) is 14.8 Å². The van der Waals surface area contributed by atoms with E-state index < -0.39 is 28.7 Å². The summed E-state index contributed by atoms with van der Waals surface area (Å²) in [6.45, 7) is 4.96. The maximum absolute atomic E-state index is 14.8. The molecule has 39 heavy (non-hydrogen) atoms. The number of benzene rings is 2. The second-order valence-electron chi connectivity index (χ2n) is 10.00. The van der Waals surface area contributed by atoms with Crippen LogP contribution in [-0.2, 0) is 7.05 Å². The molecule has 0 saturated heterocycles. The molecule has 1 fully saturated rings. The maximum Gasteiger partial charge on any atom is 0.336 e. The summed E-state index contributed by atoms with van der Waals surface area (Å²) in [7, 11) is 1.49. The lowest BCUT2D eigenvalue weighted by Crippen LogP contribution is -2.42. The molecule has 11 heteroatoms. The Morgan fingerprint density at radius 2 is 1.79 bits per heavy atom. The minimum absolute atomic E-state index is 0.0497. The van der Waals surface area contributed by atoms with Crippen molar-refractivity contribution in [2.45, 2.75) is 45.7 Å². The maximum atomic E-state index is 14.8. The van der Waals surface area contributed by atoms with E-state index in [2.05, 4.69) is 10.6 Å². The van der Waals surface area contributed by atoms with Gasteiger partial charge in [-0.1, -0.05) is 6.07 Å². The molecule has 0 bridgehead atoms. The molecule has 202 valence electrons. The first kappa shape index (κ1) is 26.9. The lowest BCUT2D eigenvalue weighted by atomic mass is 10.1. The monoisotopic (exact) mass is 643 g/mol. The first-order valence-corrected chi connectivity index (χ1v) is 13.6. The summed E-state index contributed by atoms with van der Waals surface area (Å²) < 4.78 is 19.2. The van der Waals surface area contributed by atoms with E-state index in [1.54, 1.807) is 51.1 Å². The highest BCUT2D eigenvalue weighted by Gasteiger charge is 2.26. The Labute approximate surface area is 236 Å². The van der Waals surface area contributed by atoms with Gasteiger partial charge >= 0.3 is 5.69 Å². The standard InChI is InChI=1S/C28H27FIN5O4/c1-14(2)34-27(38)22-23(15(3)26(37)33(4)24(22)32-21-11-8-17(30)13-20(21)29)35(28(34)39)19-7-5-6-16(12-19)25(36)31-18-9-10-18/h5-8,11-14,18,32H,9-10H2,1-4H3,(H,31,36). The van der Waals surface area contributed by atoms with Gasteiger partial charge in [0.25, 0.3) is 17.0 Å². The van der Waals surface area contributed by atoms with E-state index in [9.17, 15) is 23.6 Å². The number of nitrogens with one attached hydrogen (secondary N) is 2. The van der Waals surface area contributed by atoms with Crippen molar-refractivity contribution in [2.24, 2.45) is 7.05 Å². The van der Waals surface area contributed by atoms with Crippen molar-refractivity contribution in [3.63, 3.8) is 0 Å². The smallest absolute Gasteiger partial charge is 0.336 e. The summed E-state index contributed by atoms with van der Waals surface area (Å²) in [5, 5.41) is 5.92. The molecule has 2 aromatic carbocycles. The third-order valence-electron chi connectivity index (χ3n) is 6.82. The zero-order chi connectivity index (χ0) is 28.2. The number of hydrogen-bond donors (Lipinski definition) is 2. The molecule has 1 saturated carbocycles. The Morgan fingerprint density at radius 3 is 2.44 bits per heavy atom. The molecule has 2 heterocycles. The molecule has 1 amide bonds. The number of nitrogens with zero attached hydrogens (tertiary/aromatic N) is 3. The van der Waals surface area contributed by atoms with Crippen molar-refractivity contribution in [3.05, 3.63) is 94.2 Å². The zero-order valence-corrected chi connectivity index (χ0v) is 24.0. The molecular weight excluding hydrogens is 616 g/mol. The van der Waals surface area contributed by atoms with Crippen LogP contribution >= 0.6 is 22.6 Å². The normalized spacial score (nSPS) is 13.2. The molecule has 0 unspecified atom stereocenters. The van der Waals surface area contributed by atoms with Gasteiger partial charge in [-0.15, -0.1) is 0 Å². The van der Waals surface area contributed by atoms with Crippen molar-refractivity contribution in [2.75, 3.05) is 5.32 Å². The fourth-order valence-electron chi connectivity index (χ4n) is 4.66. The first-order chi connectivity index (χ1) is 18.5. The van der Waals surface area contributed by atoms with Gasteiger partial charge in [-0.05, 0) is 92.6 Å². The largest absolute Gasteiger partial charge is 0.349 e. The highest BCUT2D eigenvalue weighted by atomic mass is 127. The number of carbonyl (C=O) groups is 1. The van der Waals surface area contributed by atoms with Crippen LogP contribution in [0.4, 0.5) is 15.9 Å². The Morgan fingerprint density at radius 1 is 1.08 bits per heavy atom. The van der Waals surface area contributed by atoms with Crippen molar-refractivity contribution in [1.29, 1.82) is 0 Å². The number of carbonyl (C=O) groups excluding carboxylic acids is 1. The Hall–Kier alpha value is -3.74.